The summed E-state index contributed by atoms with van der Waals surface area (Å²) in [4.78, 5) is 0. The van der Waals surface area contributed by atoms with Crippen LogP contribution in [0.5, 0.6) is 0 Å². The predicted molar refractivity (Wildman–Crippen MR) is 123 cm³/mol. The third-order valence-corrected chi connectivity index (χ3v) is 5.33. The summed E-state index contributed by atoms with van der Waals surface area (Å²) in [5.41, 5.74) is 7.16. The molecule has 0 spiro atoms. The summed E-state index contributed by atoms with van der Waals surface area (Å²) in [6.07, 6.45) is 0. The van der Waals surface area contributed by atoms with Gasteiger partial charge in [-0.25, -0.2) is 0 Å². The predicted octanol–water partition coefficient (Wildman–Crippen LogP) is 8.34. The van der Waals surface area contributed by atoms with E-state index in [1.54, 1.807) is 0 Å². The van der Waals surface area contributed by atoms with Crippen LogP contribution in [0, 0.1) is 22.7 Å². The zero-order chi connectivity index (χ0) is 22.6. The Morgan fingerprint density at radius 1 is 0.533 bits per heavy atom. The lowest BCUT2D eigenvalue weighted by molar-refractivity contribution is 0.818. The molecule has 2 aromatic carbocycles. The van der Waals surface area contributed by atoms with Crippen LogP contribution in [0.25, 0.3) is 0 Å². The third kappa shape index (κ3) is 4.95. The minimum Gasteiger partial charge on any atom is -0.192 e. The number of nitriles is 2. The van der Waals surface area contributed by atoms with Gasteiger partial charge in [0.25, 0.3) is 0 Å². The maximum atomic E-state index is 9.46. The van der Waals surface area contributed by atoms with Crippen molar-refractivity contribution < 1.29 is 0 Å². The fourth-order valence-electron chi connectivity index (χ4n) is 3.58. The second-order valence-electron chi connectivity index (χ2n) is 9.05. The highest BCUT2D eigenvalue weighted by molar-refractivity contribution is 5.62. The molecule has 4 heteroatoms. The summed E-state index contributed by atoms with van der Waals surface area (Å²) < 4.78 is 0. The monoisotopic (exact) mass is 400 g/mol. The molecule has 0 saturated heterocycles. The van der Waals surface area contributed by atoms with E-state index in [9.17, 15) is 10.5 Å². The van der Waals surface area contributed by atoms with Gasteiger partial charge in [0.1, 0.15) is 0 Å². The van der Waals surface area contributed by atoms with Gasteiger partial charge < -0.3 is 0 Å². The number of benzene rings is 2. The van der Waals surface area contributed by atoms with Crippen molar-refractivity contribution in [2.24, 2.45) is 10.2 Å². The van der Waals surface area contributed by atoms with E-state index in [1.165, 1.54) is 0 Å². The van der Waals surface area contributed by atoms with Crippen LogP contribution in [0.1, 0.15) is 112 Å². The van der Waals surface area contributed by atoms with Gasteiger partial charge in [0.15, 0.2) is 0 Å². The first-order chi connectivity index (χ1) is 14.1. The first-order valence-corrected chi connectivity index (χ1v) is 10.7. The fraction of sp³-hybridized carbons (Fsp3) is 0.462. The first kappa shape index (κ1) is 23.3. The molecule has 4 nitrogen and oxygen atoms in total. The lowest BCUT2D eigenvalue weighted by Gasteiger charge is -2.18. The van der Waals surface area contributed by atoms with E-state index in [0.717, 1.165) is 33.6 Å². The van der Waals surface area contributed by atoms with Crippen LogP contribution in [-0.2, 0) is 0 Å². The van der Waals surface area contributed by atoms with E-state index in [2.05, 4.69) is 67.5 Å². The van der Waals surface area contributed by atoms with E-state index >= 15 is 0 Å². The normalized spacial score (nSPS) is 11.7. The summed E-state index contributed by atoms with van der Waals surface area (Å²) in [5.74, 6) is 0.888. The van der Waals surface area contributed by atoms with E-state index in [-0.39, 0.29) is 23.7 Å². The Morgan fingerprint density at radius 2 is 0.767 bits per heavy atom. The molecule has 0 heterocycles. The molecule has 0 radical (unpaired) electrons. The van der Waals surface area contributed by atoms with Crippen molar-refractivity contribution in [2.75, 3.05) is 0 Å². The van der Waals surface area contributed by atoms with Crippen LogP contribution in [0.3, 0.4) is 0 Å². The van der Waals surface area contributed by atoms with Gasteiger partial charge in [-0.3, -0.25) is 0 Å². The molecule has 0 amide bonds. The fourth-order valence-corrected chi connectivity index (χ4v) is 3.58. The largest absolute Gasteiger partial charge is 0.192 e. The second kappa shape index (κ2) is 9.68. The molecule has 0 aromatic heterocycles. The van der Waals surface area contributed by atoms with E-state index in [0.29, 0.717) is 11.1 Å². The zero-order valence-corrected chi connectivity index (χ0v) is 19.4. The number of hydrogen-bond acceptors (Lipinski definition) is 4. The SMILES string of the molecule is CC(C)c1cc(C#N)cc(C(C)C)c1N=Nc1c(C(C)C)cc(C#N)cc1C(C)C. The van der Waals surface area contributed by atoms with Crippen molar-refractivity contribution in [3.8, 4) is 12.1 Å². The van der Waals surface area contributed by atoms with Gasteiger partial charge in [-0.2, -0.15) is 10.5 Å². The quantitative estimate of drug-likeness (QED) is 0.457. The van der Waals surface area contributed by atoms with Gasteiger partial charge >= 0.3 is 0 Å². The van der Waals surface area contributed by atoms with Crippen LogP contribution in [0.15, 0.2) is 34.5 Å². The Labute approximate surface area is 181 Å². The summed E-state index contributed by atoms with van der Waals surface area (Å²) in [5, 5.41) is 28.5. The van der Waals surface area contributed by atoms with E-state index in [1.807, 2.05) is 24.3 Å². The molecular formula is C26H32N4. The standard InChI is InChI=1S/C26H32N4/c1-15(2)21-9-19(13-27)10-22(16(3)4)25(21)29-30-26-23(17(5)6)11-20(14-28)12-24(26)18(7)8/h9-12,15-18H,1-8H3. The second-order valence-corrected chi connectivity index (χ2v) is 9.05. The van der Waals surface area contributed by atoms with E-state index < -0.39 is 0 Å². The number of rotatable bonds is 6. The van der Waals surface area contributed by atoms with Crippen LogP contribution < -0.4 is 0 Å². The van der Waals surface area contributed by atoms with Gasteiger partial charge in [0.2, 0.25) is 0 Å². The molecule has 0 atom stereocenters. The number of nitrogens with zero attached hydrogens (tertiary/aromatic N) is 4. The smallest absolute Gasteiger partial charge is 0.0991 e. The highest BCUT2D eigenvalue weighted by Crippen LogP contribution is 2.40. The average Bonchev–Trinajstić information content (AvgIpc) is 2.70. The van der Waals surface area contributed by atoms with Crippen LogP contribution >= 0.6 is 0 Å². The van der Waals surface area contributed by atoms with Crippen molar-refractivity contribution in [3.05, 3.63) is 57.6 Å². The van der Waals surface area contributed by atoms with Gasteiger partial charge in [-0.1, -0.05) is 55.4 Å². The molecule has 0 bridgehead atoms. The lowest BCUT2D eigenvalue weighted by atomic mass is 9.90. The topological polar surface area (TPSA) is 72.3 Å². The average molecular weight is 401 g/mol. The molecule has 0 N–H and O–H groups in total. The number of azo groups is 1. The summed E-state index contributed by atoms with van der Waals surface area (Å²) in [7, 11) is 0. The van der Waals surface area contributed by atoms with Crippen LogP contribution in [0.2, 0.25) is 0 Å². The molecule has 2 aromatic rings. The van der Waals surface area contributed by atoms with Gasteiger partial charge in [0.05, 0.1) is 34.6 Å². The van der Waals surface area contributed by atoms with Crippen molar-refractivity contribution in [2.45, 2.75) is 79.1 Å². The minimum absolute atomic E-state index is 0.222. The molecule has 156 valence electrons. The van der Waals surface area contributed by atoms with Gasteiger partial charge in [0, 0.05) is 0 Å². The van der Waals surface area contributed by atoms with Crippen molar-refractivity contribution >= 4 is 11.4 Å². The Balaban J connectivity index is 2.79. The Morgan fingerprint density at radius 3 is 0.933 bits per heavy atom. The molecule has 30 heavy (non-hydrogen) atoms. The molecule has 0 saturated carbocycles. The molecule has 0 aliphatic carbocycles. The molecule has 0 aliphatic heterocycles. The molecular weight excluding hydrogens is 368 g/mol. The summed E-state index contributed by atoms with van der Waals surface area (Å²) >= 11 is 0. The first-order valence-electron chi connectivity index (χ1n) is 10.7. The van der Waals surface area contributed by atoms with Crippen molar-refractivity contribution in [1.82, 2.24) is 0 Å². The van der Waals surface area contributed by atoms with Crippen molar-refractivity contribution in [3.63, 3.8) is 0 Å². The Bertz CT molecular complexity index is 886. The molecule has 0 aliphatic rings. The summed E-state index contributed by atoms with van der Waals surface area (Å²) in [6, 6.07) is 12.3. The molecule has 0 unspecified atom stereocenters. The summed E-state index contributed by atoms with van der Waals surface area (Å²) in [6.45, 7) is 16.9. The molecule has 2 rings (SSSR count). The number of hydrogen-bond donors (Lipinski definition) is 0. The highest BCUT2D eigenvalue weighted by atomic mass is 15.1. The van der Waals surface area contributed by atoms with Gasteiger partial charge in [-0.15, -0.1) is 10.2 Å². The van der Waals surface area contributed by atoms with Gasteiger partial charge in [-0.05, 0) is 70.2 Å². The van der Waals surface area contributed by atoms with E-state index in [4.69, 9.17) is 10.2 Å². The third-order valence-electron chi connectivity index (χ3n) is 5.33. The van der Waals surface area contributed by atoms with Crippen molar-refractivity contribution in [1.29, 1.82) is 10.5 Å². The molecule has 0 fully saturated rings. The van der Waals surface area contributed by atoms with Crippen LogP contribution in [0.4, 0.5) is 11.4 Å². The zero-order valence-electron chi connectivity index (χ0n) is 19.4. The lowest BCUT2D eigenvalue weighted by Crippen LogP contribution is -1.99. The maximum Gasteiger partial charge on any atom is 0.0991 e. The minimum atomic E-state index is 0.222. The Hall–Kier alpha value is -2.98. The Kier molecular flexibility index (Phi) is 7.52. The maximum absolute atomic E-state index is 9.46. The van der Waals surface area contributed by atoms with Crippen LogP contribution in [-0.4, -0.2) is 0 Å². The highest BCUT2D eigenvalue weighted by Gasteiger charge is 2.19.